The molecule has 2 saturated heterocycles. The third-order valence-corrected chi connectivity index (χ3v) is 6.58. The van der Waals surface area contributed by atoms with Gasteiger partial charge in [0.05, 0.1) is 4.90 Å². The summed E-state index contributed by atoms with van der Waals surface area (Å²) >= 11 is 0. The molecule has 3 unspecified atom stereocenters. The van der Waals surface area contributed by atoms with Gasteiger partial charge in [-0.2, -0.15) is 4.31 Å². The maximum Gasteiger partial charge on any atom is 0.243 e. The summed E-state index contributed by atoms with van der Waals surface area (Å²) in [7, 11) is -3.60. The third-order valence-electron chi connectivity index (χ3n) is 4.63. The smallest absolute Gasteiger partial charge is 0.243 e. The zero-order chi connectivity index (χ0) is 14.5. The molecule has 3 atom stereocenters. The van der Waals surface area contributed by atoms with Gasteiger partial charge in [-0.15, -0.1) is 0 Å². The molecule has 1 aromatic carbocycles. The lowest BCUT2D eigenvalue weighted by atomic mass is 9.95. The molecule has 4 nitrogen and oxygen atoms in total. The third kappa shape index (κ3) is 2.06. The first kappa shape index (κ1) is 14.0. The Morgan fingerprint density at radius 3 is 2.75 bits per heavy atom. The van der Waals surface area contributed by atoms with Gasteiger partial charge in [0.2, 0.25) is 10.0 Å². The van der Waals surface area contributed by atoms with E-state index in [1.807, 2.05) is 6.92 Å². The van der Waals surface area contributed by atoms with Crippen LogP contribution in [0.3, 0.4) is 0 Å². The molecule has 1 aromatic rings. The Bertz CT molecular complexity index is 632. The number of sulfonamides is 1. The predicted molar refractivity (Wildman–Crippen MR) is 74.3 cm³/mol. The molecule has 0 aliphatic carbocycles. The Kier molecular flexibility index (Phi) is 3.35. The lowest BCUT2D eigenvalue weighted by molar-refractivity contribution is 0.360. The van der Waals surface area contributed by atoms with E-state index in [2.05, 4.69) is 5.32 Å². The highest BCUT2D eigenvalue weighted by atomic mass is 32.2. The van der Waals surface area contributed by atoms with Crippen molar-refractivity contribution in [3.63, 3.8) is 0 Å². The van der Waals surface area contributed by atoms with Gasteiger partial charge in [-0.3, -0.25) is 0 Å². The van der Waals surface area contributed by atoms with E-state index >= 15 is 0 Å². The quantitative estimate of drug-likeness (QED) is 0.897. The van der Waals surface area contributed by atoms with Crippen molar-refractivity contribution in [3.05, 3.63) is 29.6 Å². The van der Waals surface area contributed by atoms with Crippen LogP contribution < -0.4 is 5.32 Å². The molecule has 0 radical (unpaired) electrons. The van der Waals surface area contributed by atoms with Crippen LogP contribution in [0.25, 0.3) is 0 Å². The van der Waals surface area contributed by atoms with Crippen molar-refractivity contribution in [2.75, 3.05) is 19.6 Å². The molecule has 0 bridgehead atoms. The Balaban J connectivity index is 1.94. The molecule has 20 heavy (non-hydrogen) atoms. The van der Waals surface area contributed by atoms with Gasteiger partial charge in [0.25, 0.3) is 0 Å². The van der Waals surface area contributed by atoms with Gasteiger partial charge in [-0.1, -0.05) is 6.07 Å². The highest BCUT2D eigenvalue weighted by molar-refractivity contribution is 7.89. The minimum atomic E-state index is -3.60. The van der Waals surface area contributed by atoms with Gasteiger partial charge >= 0.3 is 0 Å². The molecule has 0 aromatic heterocycles. The van der Waals surface area contributed by atoms with E-state index in [9.17, 15) is 12.8 Å². The first-order valence-electron chi connectivity index (χ1n) is 6.90. The van der Waals surface area contributed by atoms with E-state index in [1.165, 1.54) is 16.4 Å². The lowest BCUT2D eigenvalue weighted by Crippen LogP contribution is -2.38. The highest BCUT2D eigenvalue weighted by Crippen LogP contribution is 2.36. The lowest BCUT2D eigenvalue weighted by Gasteiger charge is -2.24. The van der Waals surface area contributed by atoms with E-state index in [4.69, 9.17) is 0 Å². The molecule has 2 fully saturated rings. The molecular weight excluding hydrogens is 279 g/mol. The minimum Gasteiger partial charge on any atom is -0.316 e. The summed E-state index contributed by atoms with van der Waals surface area (Å²) in [6.07, 6.45) is 0. The van der Waals surface area contributed by atoms with Gasteiger partial charge in [0.15, 0.2) is 0 Å². The monoisotopic (exact) mass is 298 g/mol. The number of hydrogen-bond acceptors (Lipinski definition) is 3. The first-order chi connectivity index (χ1) is 9.41. The SMILES string of the molecule is Cc1ccc(S(=O)(=O)N2CC3CNCC3C2C)cc1F. The topological polar surface area (TPSA) is 49.4 Å². The molecule has 6 heteroatoms. The summed E-state index contributed by atoms with van der Waals surface area (Å²) in [5.74, 6) is 0.259. The first-order valence-corrected chi connectivity index (χ1v) is 8.34. The average molecular weight is 298 g/mol. The molecule has 0 saturated carbocycles. The molecule has 3 rings (SSSR count). The summed E-state index contributed by atoms with van der Waals surface area (Å²) in [5.41, 5.74) is 0.458. The number of aryl methyl sites for hydroxylation is 1. The van der Waals surface area contributed by atoms with Crippen LogP contribution >= 0.6 is 0 Å². The van der Waals surface area contributed by atoms with Crippen molar-refractivity contribution in [2.45, 2.75) is 24.8 Å². The fourth-order valence-corrected chi connectivity index (χ4v) is 5.06. The fraction of sp³-hybridized carbons (Fsp3) is 0.571. The van der Waals surface area contributed by atoms with Crippen LogP contribution in [0.5, 0.6) is 0 Å². The molecule has 2 heterocycles. The van der Waals surface area contributed by atoms with Gasteiger partial charge in [-0.05, 0) is 56.5 Å². The second-order valence-corrected chi connectivity index (χ2v) is 7.70. The van der Waals surface area contributed by atoms with Gasteiger partial charge in [-0.25, -0.2) is 12.8 Å². The molecule has 0 spiro atoms. The minimum absolute atomic E-state index is 0.0376. The number of rotatable bonds is 2. The molecule has 0 amide bonds. The summed E-state index contributed by atoms with van der Waals surface area (Å²) in [6, 6.07) is 4.10. The van der Waals surface area contributed by atoms with Gasteiger partial charge in [0.1, 0.15) is 5.82 Å². The standard InChI is InChI=1S/C14H19FN2O2S/c1-9-3-4-12(5-14(9)15)20(18,19)17-8-11-6-16-7-13(11)10(17)2/h3-5,10-11,13,16H,6-8H2,1-2H3. The van der Waals surface area contributed by atoms with E-state index < -0.39 is 15.8 Å². The second-order valence-electron chi connectivity index (χ2n) is 5.81. The Morgan fingerprint density at radius 1 is 1.35 bits per heavy atom. The number of fused-ring (bicyclic) bond motifs is 1. The maximum absolute atomic E-state index is 13.6. The van der Waals surface area contributed by atoms with Crippen molar-refractivity contribution in [3.8, 4) is 0 Å². The van der Waals surface area contributed by atoms with Gasteiger partial charge < -0.3 is 5.32 Å². The molecule has 1 N–H and O–H groups in total. The molecule has 2 aliphatic heterocycles. The van der Waals surface area contributed by atoms with Crippen LogP contribution in [-0.2, 0) is 10.0 Å². The predicted octanol–water partition coefficient (Wildman–Crippen LogP) is 1.36. The van der Waals surface area contributed by atoms with Crippen molar-refractivity contribution in [1.82, 2.24) is 9.62 Å². The van der Waals surface area contributed by atoms with Crippen LogP contribution in [0.4, 0.5) is 4.39 Å². The molecule has 110 valence electrons. The zero-order valence-corrected chi connectivity index (χ0v) is 12.5. The zero-order valence-electron chi connectivity index (χ0n) is 11.6. The van der Waals surface area contributed by atoms with E-state index in [1.54, 1.807) is 6.92 Å². The van der Waals surface area contributed by atoms with E-state index in [0.29, 0.717) is 23.9 Å². The largest absolute Gasteiger partial charge is 0.316 e. The Hall–Kier alpha value is -0.980. The number of nitrogens with zero attached hydrogens (tertiary/aromatic N) is 1. The van der Waals surface area contributed by atoms with Crippen LogP contribution in [0.15, 0.2) is 23.1 Å². The van der Waals surface area contributed by atoms with Crippen LogP contribution in [-0.4, -0.2) is 38.4 Å². The Labute approximate surface area is 119 Å². The van der Waals surface area contributed by atoms with Crippen LogP contribution in [0.2, 0.25) is 0 Å². The number of benzene rings is 1. The van der Waals surface area contributed by atoms with Crippen molar-refractivity contribution in [1.29, 1.82) is 0 Å². The van der Waals surface area contributed by atoms with Crippen molar-refractivity contribution < 1.29 is 12.8 Å². The fourth-order valence-electron chi connectivity index (χ4n) is 3.32. The van der Waals surface area contributed by atoms with Crippen molar-refractivity contribution >= 4 is 10.0 Å². The van der Waals surface area contributed by atoms with Crippen LogP contribution in [0.1, 0.15) is 12.5 Å². The Morgan fingerprint density at radius 2 is 2.10 bits per heavy atom. The number of halogens is 1. The summed E-state index contributed by atoms with van der Waals surface area (Å²) in [5, 5.41) is 3.30. The van der Waals surface area contributed by atoms with E-state index in [-0.39, 0.29) is 10.9 Å². The molecule has 2 aliphatic rings. The average Bonchev–Trinajstić information content (AvgIpc) is 2.96. The highest BCUT2D eigenvalue weighted by Gasteiger charge is 2.46. The van der Waals surface area contributed by atoms with Crippen LogP contribution in [0, 0.1) is 24.6 Å². The summed E-state index contributed by atoms with van der Waals surface area (Å²) in [6.45, 7) is 5.82. The number of hydrogen-bond donors (Lipinski definition) is 1. The summed E-state index contributed by atoms with van der Waals surface area (Å²) < 4.78 is 40.5. The summed E-state index contributed by atoms with van der Waals surface area (Å²) in [4.78, 5) is 0.0559. The normalized spacial score (nSPS) is 30.6. The van der Waals surface area contributed by atoms with Crippen molar-refractivity contribution in [2.24, 2.45) is 11.8 Å². The van der Waals surface area contributed by atoms with E-state index in [0.717, 1.165) is 19.2 Å². The molecular formula is C14H19FN2O2S. The second kappa shape index (κ2) is 4.79. The maximum atomic E-state index is 13.6. The van der Waals surface area contributed by atoms with Gasteiger partial charge in [0, 0.05) is 12.6 Å². The number of nitrogens with one attached hydrogen (secondary N) is 1.